The second kappa shape index (κ2) is 13.7. The Labute approximate surface area is 243 Å². The topological polar surface area (TPSA) is 6.48 Å². The van der Waals surface area contributed by atoms with Crippen LogP contribution in [-0.2, 0) is 11.0 Å². The first-order chi connectivity index (χ1) is 19.2. The average Bonchev–Trinajstić information content (AvgIpc) is 2.95. The van der Waals surface area contributed by atoms with Gasteiger partial charge in [0.1, 0.15) is 7.85 Å². The molecule has 0 saturated heterocycles. The molecular weight excluding hydrogens is 483 g/mol. The largest absolute Gasteiger partial charge is 0.341 e. The number of allylic oxidation sites excluding steroid dienone is 8. The summed E-state index contributed by atoms with van der Waals surface area (Å²) in [6.45, 7) is 18.5. The maximum atomic E-state index is 7.19. The van der Waals surface area contributed by atoms with E-state index in [2.05, 4.69) is 116 Å². The number of rotatable bonds is 12. The van der Waals surface area contributed by atoms with E-state index in [4.69, 9.17) is 7.85 Å². The lowest BCUT2D eigenvalue weighted by molar-refractivity contribution is 0.521. The molecule has 0 aliphatic heterocycles. The van der Waals surface area contributed by atoms with Crippen molar-refractivity contribution in [2.45, 2.75) is 45.6 Å². The Morgan fingerprint density at radius 3 is 1.45 bits per heavy atom. The molecule has 0 aliphatic carbocycles. The molecule has 0 aliphatic rings. The fourth-order valence-corrected chi connectivity index (χ4v) is 5.10. The molecule has 0 N–H and O–H groups in total. The number of anilines is 2. The van der Waals surface area contributed by atoms with Crippen molar-refractivity contribution in [1.82, 2.24) is 0 Å². The second-order valence-corrected chi connectivity index (χ2v) is 10.3. The van der Waals surface area contributed by atoms with Crippen LogP contribution in [0.5, 0.6) is 0 Å². The summed E-state index contributed by atoms with van der Waals surface area (Å²) in [5, 5.41) is 0. The molecular formula is C37H41BN2. The van der Waals surface area contributed by atoms with Gasteiger partial charge in [0, 0.05) is 28.2 Å². The van der Waals surface area contributed by atoms with Crippen molar-refractivity contribution < 1.29 is 0 Å². The van der Waals surface area contributed by atoms with E-state index >= 15 is 0 Å². The molecule has 0 fully saturated rings. The lowest BCUT2D eigenvalue weighted by Crippen LogP contribution is -2.44. The van der Waals surface area contributed by atoms with Crippen LogP contribution in [0.3, 0.4) is 0 Å². The molecule has 1 atom stereocenters. The molecule has 3 aromatic rings. The van der Waals surface area contributed by atoms with E-state index in [9.17, 15) is 0 Å². The summed E-state index contributed by atoms with van der Waals surface area (Å²) in [5.74, 6) is 0. The standard InChI is InChI=1S/C37H41BN2/c1-8-18-32(19-9-2)39(34-22-14-12-15-23-34)36(5,6)30-26-28-31(29-27-30)37(7,38)40(33(20-10-3)21-11-4)35-24-16-13-17-25-35/h8-29H,1,3H2,2,4-7H3/b19-9-,21-11-,32-18+,33-20+. The summed E-state index contributed by atoms with van der Waals surface area (Å²) in [7, 11) is 7.19. The number of hydrogen-bond acceptors (Lipinski definition) is 2. The van der Waals surface area contributed by atoms with Gasteiger partial charge >= 0.3 is 0 Å². The minimum Gasteiger partial charge on any atom is -0.341 e. The zero-order valence-corrected chi connectivity index (χ0v) is 24.6. The van der Waals surface area contributed by atoms with Crippen molar-refractivity contribution in [3.63, 3.8) is 0 Å². The number of hydrogen-bond donors (Lipinski definition) is 0. The average molecular weight is 525 g/mol. The van der Waals surface area contributed by atoms with Gasteiger partial charge in [-0.2, -0.15) is 0 Å². The van der Waals surface area contributed by atoms with Crippen LogP contribution in [-0.4, -0.2) is 7.85 Å². The van der Waals surface area contributed by atoms with Crippen LogP contribution in [0.15, 0.2) is 158 Å². The van der Waals surface area contributed by atoms with Crippen molar-refractivity contribution in [1.29, 1.82) is 0 Å². The first-order valence-corrected chi connectivity index (χ1v) is 13.7. The normalized spacial score (nSPS) is 14.2. The molecule has 3 aromatic carbocycles. The number of nitrogens with zero attached hydrogens (tertiary/aromatic N) is 2. The Hall–Kier alpha value is -4.24. The van der Waals surface area contributed by atoms with Gasteiger partial charge in [-0.15, -0.1) is 0 Å². The highest BCUT2D eigenvalue weighted by molar-refractivity contribution is 6.17. The third-order valence-corrected chi connectivity index (χ3v) is 7.00. The Kier molecular flexibility index (Phi) is 10.4. The zero-order valence-electron chi connectivity index (χ0n) is 24.6. The van der Waals surface area contributed by atoms with E-state index < -0.39 is 5.44 Å². The molecule has 0 aromatic heterocycles. The van der Waals surface area contributed by atoms with E-state index in [1.54, 1.807) is 6.08 Å². The van der Waals surface area contributed by atoms with Gasteiger partial charge in [0.2, 0.25) is 0 Å². The van der Waals surface area contributed by atoms with Gasteiger partial charge in [-0.25, -0.2) is 0 Å². The van der Waals surface area contributed by atoms with Gasteiger partial charge < -0.3 is 9.80 Å². The van der Waals surface area contributed by atoms with Crippen molar-refractivity contribution in [3.8, 4) is 0 Å². The Bertz CT molecular complexity index is 1270. The highest BCUT2D eigenvalue weighted by atomic mass is 15.2. The Balaban J connectivity index is 2.12. The van der Waals surface area contributed by atoms with Crippen LogP contribution in [0.1, 0.15) is 45.7 Å². The highest BCUT2D eigenvalue weighted by Gasteiger charge is 2.33. The zero-order chi connectivity index (χ0) is 29.2. The lowest BCUT2D eigenvalue weighted by atomic mass is 9.71. The summed E-state index contributed by atoms with van der Waals surface area (Å²) in [4.78, 5) is 4.50. The number of para-hydroxylation sites is 2. The third-order valence-electron chi connectivity index (χ3n) is 7.00. The lowest BCUT2D eigenvalue weighted by Gasteiger charge is -2.44. The fraction of sp³-hybridized carbons (Fsp3) is 0.189. The van der Waals surface area contributed by atoms with Crippen LogP contribution >= 0.6 is 0 Å². The Morgan fingerprint density at radius 1 is 0.625 bits per heavy atom. The predicted octanol–water partition coefficient (Wildman–Crippen LogP) is 9.57. The van der Waals surface area contributed by atoms with Crippen molar-refractivity contribution >= 4 is 19.2 Å². The van der Waals surface area contributed by atoms with E-state index in [1.165, 1.54) is 0 Å². The molecule has 0 heterocycles. The van der Waals surface area contributed by atoms with E-state index in [0.29, 0.717) is 0 Å². The quantitative estimate of drug-likeness (QED) is 0.172. The van der Waals surface area contributed by atoms with E-state index in [0.717, 1.165) is 33.9 Å². The van der Waals surface area contributed by atoms with Gasteiger partial charge in [0.05, 0.1) is 5.54 Å². The molecule has 0 bridgehead atoms. The van der Waals surface area contributed by atoms with Crippen molar-refractivity contribution in [2.24, 2.45) is 0 Å². The fourth-order valence-electron chi connectivity index (χ4n) is 5.10. The molecule has 3 heteroatoms. The highest BCUT2D eigenvalue weighted by Crippen LogP contribution is 2.39. The molecule has 40 heavy (non-hydrogen) atoms. The van der Waals surface area contributed by atoms with Crippen molar-refractivity contribution in [2.75, 3.05) is 9.80 Å². The summed E-state index contributed by atoms with van der Waals surface area (Å²) in [6.07, 6.45) is 15.9. The van der Waals surface area contributed by atoms with Gasteiger partial charge in [0.25, 0.3) is 0 Å². The predicted molar refractivity (Wildman–Crippen MR) is 177 cm³/mol. The molecule has 2 radical (unpaired) electrons. The summed E-state index contributed by atoms with van der Waals surface area (Å²) < 4.78 is 0. The van der Waals surface area contributed by atoms with Crippen LogP contribution in [0.4, 0.5) is 11.4 Å². The first-order valence-electron chi connectivity index (χ1n) is 13.7. The van der Waals surface area contributed by atoms with Crippen LogP contribution in [0, 0.1) is 0 Å². The maximum absolute atomic E-state index is 7.19. The molecule has 1 unspecified atom stereocenters. The van der Waals surface area contributed by atoms with Gasteiger partial charge in [0.15, 0.2) is 0 Å². The van der Waals surface area contributed by atoms with Crippen LogP contribution < -0.4 is 9.80 Å². The van der Waals surface area contributed by atoms with Crippen LogP contribution in [0.25, 0.3) is 0 Å². The summed E-state index contributed by atoms with van der Waals surface area (Å²) in [5.41, 5.74) is 5.07. The van der Waals surface area contributed by atoms with Gasteiger partial charge in [-0.3, -0.25) is 0 Å². The van der Waals surface area contributed by atoms with Gasteiger partial charge in [-0.1, -0.05) is 98.1 Å². The minimum atomic E-state index is -0.837. The molecule has 0 amide bonds. The summed E-state index contributed by atoms with van der Waals surface area (Å²) in [6, 6.07) is 29.4. The monoisotopic (exact) mass is 524 g/mol. The third kappa shape index (κ3) is 6.66. The molecule has 0 saturated carbocycles. The molecule has 202 valence electrons. The van der Waals surface area contributed by atoms with Gasteiger partial charge in [-0.05, 0) is 94.3 Å². The minimum absolute atomic E-state index is 0.378. The van der Waals surface area contributed by atoms with E-state index in [-0.39, 0.29) is 5.54 Å². The Morgan fingerprint density at radius 2 is 1.02 bits per heavy atom. The van der Waals surface area contributed by atoms with E-state index in [1.807, 2.05) is 69.3 Å². The second-order valence-electron chi connectivity index (χ2n) is 10.3. The maximum Gasteiger partial charge on any atom is 0.111 e. The summed E-state index contributed by atoms with van der Waals surface area (Å²) >= 11 is 0. The molecule has 2 nitrogen and oxygen atoms in total. The molecule has 3 rings (SSSR count). The number of benzene rings is 3. The smallest absolute Gasteiger partial charge is 0.111 e. The van der Waals surface area contributed by atoms with Crippen LogP contribution in [0.2, 0.25) is 0 Å². The molecule has 0 spiro atoms. The van der Waals surface area contributed by atoms with Crippen molar-refractivity contribution in [3.05, 3.63) is 169 Å². The first kappa shape index (κ1) is 30.3. The SMILES string of the molecule is [B]C(C)(c1ccc(C(C)(C)N(C(/C=C\C)=C/C=C)c2ccccc2)cc1)N(C(/C=C\C)=C/C=C)c1ccccc1.